The van der Waals surface area contributed by atoms with Crippen LogP contribution in [0.25, 0.3) is 0 Å². The molecule has 1 unspecified atom stereocenters. The van der Waals surface area contributed by atoms with E-state index in [9.17, 15) is 5.11 Å². The molecule has 2 N–H and O–H groups in total. The molecular weight excluding hydrogens is 258 g/mol. The summed E-state index contributed by atoms with van der Waals surface area (Å²) in [5.74, 6) is 1.52. The second-order valence-corrected chi connectivity index (χ2v) is 5.99. The van der Waals surface area contributed by atoms with E-state index >= 15 is 0 Å². The van der Waals surface area contributed by atoms with Crippen LogP contribution in [0, 0.1) is 0 Å². The van der Waals surface area contributed by atoms with Crippen LogP contribution in [0.5, 0.6) is 11.5 Å². The van der Waals surface area contributed by atoms with Crippen LogP contribution in [0.15, 0.2) is 18.2 Å². The van der Waals surface area contributed by atoms with Gasteiger partial charge in [-0.1, -0.05) is 6.07 Å². The van der Waals surface area contributed by atoms with Crippen molar-refractivity contribution in [2.45, 2.75) is 39.0 Å². The van der Waals surface area contributed by atoms with Gasteiger partial charge >= 0.3 is 0 Å². The minimum absolute atomic E-state index is 0.00168. The van der Waals surface area contributed by atoms with Gasteiger partial charge in [-0.25, -0.2) is 0 Å². The number of nitrogens with one attached hydrogen (secondary N) is 1. The highest BCUT2D eigenvalue weighted by Crippen LogP contribution is 2.32. The number of fused-ring (bicyclic) bond motifs is 1. The van der Waals surface area contributed by atoms with E-state index in [1.54, 1.807) is 0 Å². The van der Waals surface area contributed by atoms with Crippen LogP contribution in [0.3, 0.4) is 0 Å². The van der Waals surface area contributed by atoms with Gasteiger partial charge in [0.1, 0.15) is 0 Å². The predicted molar refractivity (Wildman–Crippen MR) is 76.0 cm³/mol. The van der Waals surface area contributed by atoms with E-state index in [0.717, 1.165) is 17.1 Å². The maximum atomic E-state index is 9.81. The van der Waals surface area contributed by atoms with Crippen molar-refractivity contribution in [3.05, 3.63) is 23.8 Å². The summed E-state index contributed by atoms with van der Waals surface area (Å²) in [7, 11) is 0. The van der Waals surface area contributed by atoms with Crippen molar-refractivity contribution >= 4 is 0 Å². The zero-order chi connectivity index (χ0) is 14.6. The fraction of sp³-hybridized carbons (Fsp3) is 0.600. The third-order valence-electron chi connectivity index (χ3n) is 2.88. The third-order valence-corrected chi connectivity index (χ3v) is 2.88. The van der Waals surface area contributed by atoms with Crippen molar-refractivity contribution in [1.82, 2.24) is 5.32 Å². The molecular formula is C15H23NO4. The normalized spacial score (nSPS) is 15.4. The Hall–Kier alpha value is -1.30. The lowest BCUT2D eigenvalue weighted by molar-refractivity contribution is 0.0261. The Morgan fingerprint density at radius 2 is 2.05 bits per heavy atom. The zero-order valence-corrected chi connectivity index (χ0v) is 12.3. The van der Waals surface area contributed by atoms with Crippen LogP contribution in [-0.4, -0.2) is 36.7 Å². The molecule has 5 heteroatoms. The molecule has 112 valence electrons. The molecule has 0 amide bonds. The van der Waals surface area contributed by atoms with Crippen LogP contribution < -0.4 is 14.8 Å². The second-order valence-electron chi connectivity index (χ2n) is 5.99. The first-order valence-corrected chi connectivity index (χ1v) is 6.83. The quantitative estimate of drug-likeness (QED) is 0.831. The van der Waals surface area contributed by atoms with Gasteiger partial charge in [-0.3, -0.25) is 0 Å². The standard InChI is InChI=1S/C15H23NO4/c1-15(2,3)16-7-12(17)9-18-8-11-4-5-13-14(6-11)20-10-19-13/h4-6,12,16-17H,7-10H2,1-3H3. The molecule has 20 heavy (non-hydrogen) atoms. The highest BCUT2D eigenvalue weighted by Gasteiger charge is 2.14. The van der Waals surface area contributed by atoms with Gasteiger partial charge in [-0.2, -0.15) is 0 Å². The van der Waals surface area contributed by atoms with Gasteiger partial charge in [0, 0.05) is 12.1 Å². The summed E-state index contributed by atoms with van der Waals surface area (Å²) in [4.78, 5) is 0. The van der Waals surface area contributed by atoms with Crippen molar-refractivity contribution < 1.29 is 19.3 Å². The molecule has 0 radical (unpaired) electrons. The number of aliphatic hydroxyl groups is 1. The van der Waals surface area contributed by atoms with Crippen LogP contribution in [0.4, 0.5) is 0 Å². The molecule has 1 heterocycles. The number of rotatable bonds is 6. The van der Waals surface area contributed by atoms with E-state index in [2.05, 4.69) is 26.1 Å². The van der Waals surface area contributed by atoms with E-state index in [4.69, 9.17) is 14.2 Å². The van der Waals surface area contributed by atoms with Gasteiger partial charge in [0.25, 0.3) is 0 Å². The molecule has 5 nitrogen and oxygen atoms in total. The molecule has 0 saturated heterocycles. The molecule has 1 aliphatic heterocycles. The van der Waals surface area contributed by atoms with E-state index in [0.29, 0.717) is 19.8 Å². The first kappa shape index (κ1) is 15.1. The van der Waals surface area contributed by atoms with Gasteiger partial charge in [-0.05, 0) is 38.5 Å². The second kappa shape index (κ2) is 6.43. The number of hydrogen-bond acceptors (Lipinski definition) is 5. The van der Waals surface area contributed by atoms with Gasteiger partial charge in [0.2, 0.25) is 6.79 Å². The molecule has 0 aromatic heterocycles. The van der Waals surface area contributed by atoms with Crippen LogP contribution >= 0.6 is 0 Å². The number of benzene rings is 1. The Morgan fingerprint density at radius 3 is 2.80 bits per heavy atom. The van der Waals surface area contributed by atoms with Crippen LogP contribution in [0.1, 0.15) is 26.3 Å². The van der Waals surface area contributed by atoms with Gasteiger partial charge in [0.15, 0.2) is 11.5 Å². The lowest BCUT2D eigenvalue weighted by Crippen LogP contribution is -2.42. The van der Waals surface area contributed by atoms with Gasteiger partial charge in [-0.15, -0.1) is 0 Å². The lowest BCUT2D eigenvalue weighted by atomic mass is 10.1. The smallest absolute Gasteiger partial charge is 0.231 e. The summed E-state index contributed by atoms with van der Waals surface area (Å²) in [6, 6.07) is 5.72. The Labute approximate surface area is 119 Å². The molecule has 2 rings (SSSR count). The Balaban J connectivity index is 1.70. The largest absolute Gasteiger partial charge is 0.454 e. The number of β-amino-alcohol motifs (C(OH)–C–C–N with tert-alkyl or cyclic N) is 1. The summed E-state index contributed by atoms with van der Waals surface area (Å²) >= 11 is 0. The molecule has 0 bridgehead atoms. The molecule has 1 aliphatic rings. The Bertz CT molecular complexity index is 442. The summed E-state index contributed by atoms with van der Waals surface area (Å²) in [5, 5.41) is 13.1. The fourth-order valence-electron chi connectivity index (χ4n) is 1.83. The average Bonchev–Trinajstić information content (AvgIpc) is 2.83. The number of hydrogen-bond donors (Lipinski definition) is 2. The lowest BCUT2D eigenvalue weighted by Gasteiger charge is -2.22. The van der Waals surface area contributed by atoms with Crippen molar-refractivity contribution in [2.24, 2.45) is 0 Å². The maximum absolute atomic E-state index is 9.81. The fourth-order valence-corrected chi connectivity index (χ4v) is 1.83. The first-order chi connectivity index (χ1) is 9.44. The van der Waals surface area contributed by atoms with Crippen molar-refractivity contribution in [2.75, 3.05) is 19.9 Å². The van der Waals surface area contributed by atoms with Crippen molar-refractivity contribution in [1.29, 1.82) is 0 Å². The van der Waals surface area contributed by atoms with Crippen molar-refractivity contribution in [3.8, 4) is 11.5 Å². The SMILES string of the molecule is CC(C)(C)NCC(O)COCc1ccc2c(c1)OCO2. The molecule has 0 aliphatic carbocycles. The third kappa shape index (κ3) is 4.67. The highest BCUT2D eigenvalue weighted by molar-refractivity contribution is 5.44. The highest BCUT2D eigenvalue weighted by atomic mass is 16.7. The number of ether oxygens (including phenoxy) is 3. The van der Waals surface area contributed by atoms with Gasteiger partial charge < -0.3 is 24.6 Å². The van der Waals surface area contributed by atoms with Crippen LogP contribution in [0.2, 0.25) is 0 Å². The topological polar surface area (TPSA) is 60.0 Å². The summed E-state index contributed by atoms with van der Waals surface area (Å²) in [5.41, 5.74) is 1.00. The summed E-state index contributed by atoms with van der Waals surface area (Å²) < 4.78 is 16.1. The maximum Gasteiger partial charge on any atom is 0.231 e. The van der Waals surface area contributed by atoms with Gasteiger partial charge in [0.05, 0.1) is 19.3 Å². The summed E-state index contributed by atoms with van der Waals surface area (Å²) in [6.07, 6.45) is -0.511. The van der Waals surface area contributed by atoms with Crippen LogP contribution in [-0.2, 0) is 11.3 Å². The van der Waals surface area contributed by atoms with E-state index in [1.165, 1.54) is 0 Å². The minimum Gasteiger partial charge on any atom is -0.454 e. The van der Waals surface area contributed by atoms with Crippen molar-refractivity contribution in [3.63, 3.8) is 0 Å². The Kier molecular flexibility index (Phi) is 4.86. The zero-order valence-electron chi connectivity index (χ0n) is 12.3. The van der Waals surface area contributed by atoms with E-state index < -0.39 is 6.10 Å². The molecule has 1 aromatic rings. The predicted octanol–water partition coefficient (Wildman–Crippen LogP) is 1.68. The number of aliphatic hydroxyl groups excluding tert-OH is 1. The average molecular weight is 281 g/mol. The molecule has 0 spiro atoms. The van der Waals surface area contributed by atoms with E-state index in [-0.39, 0.29) is 12.3 Å². The monoisotopic (exact) mass is 281 g/mol. The first-order valence-electron chi connectivity index (χ1n) is 6.83. The Morgan fingerprint density at radius 1 is 1.30 bits per heavy atom. The van der Waals surface area contributed by atoms with E-state index in [1.807, 2.05) is 18.2 Å². The molecule has 1 atom stereocenters. The molecule has 1 aromatic carbocycles. The minimum atomic E-state index is -0.511. The summed E-state index contributed by atoms with van der Waals surface area (Å²) in [6.45, 7) is 7.73. The molecule has 0 saturated carbocycles. The molecule has 0 fully saturated rings.